The summed E-state index contributed by atoms with van der Waals surface area (Å²) < 4.78 is 18.7. The Kier molecular flexibility index (Phi) is 6.89. The average Bonchev–Trinajstić information content (AvgIpc) is 3.96. The van der Waals surface area contributed by atoms with Gasteiger partial charge in [-0.2, -0.15) is 0 Å². The van der Waals surface area contributed by atoms with Gasteiger partial charge in [-0.25, -0.2) is 0 Å². The van der Waals surface area contributed by atoms with Gasteiger partial charge in [-0.3, -0.25) is 4.98 Å². The lowest BCUT2D eigenvalue weighted by atomic mass is 9.96. The van der Waals surface area contributed by atoms with E-state index in [1.165, 1.54) is 16.7 Å². The summed E-state index contributed by atoms with van der Waals surface area (Å²) in [6.07, 6.45) is 1.81. The van der Waals surface area contributed by atoms with Crippen molar-refractivity contribution in [3.8, 4) is 55.6 Å². The highest BCUT2D eigenvalue weighted by Gasteiger charge is 2.15. The summed E-state index contributed by atoms with van der Waals surface area (Å²) in [7, 11) is 0. The van der Waals surface area contributed by atoms with Gasteiger partial charge in [0.1, 0.15) is 33.4 Å². The number of pyridine rings is 1. The Bertz CT molecular complexity index is 3530. The molecule has 0 N–H and O–H groups in total. The van der Waals surface area contributed by atoms with E-state index in [2.05, 4.69) is 169 Å². The highest BCUT2D eigenvalue weighted by molar-refractivity contribution is 6.10. The van der Waals surface area contributed by atoms with Crippen LogP contribution in [-0.4, -0.2) is 4.98 Å². The molecule has 0 fully saturated rings. The number of hydrogen-bond donors (Lipinski definition) is 0. The van der Waals surface area contributed by atoms with Crippen molar-refractivity contribution in [3.05, 3.63) is 188 Å². The zero-order chi connectivity index (χ0) is 37.5. The number of hydrogen-bond acceptors (Lipinski definition) is 4. The van der Waals surface area contributed by atoms with Crippen LogP contribution in [0.3, 0.4) is 0 Å². The second-order valence-corrected chi connectivity index (χ2v) is 14.7. The maximum Gasteiger partial charge on any atom is 0.153 e. The van der Waals surface area contributed by atoms with Crippen LogP contribution in [0.15, 0.2) is 201 Å². The lowest BCUT2D eigenvalue weighted by Crippen LogP contribution is -1.83. The van der Waals surface area contributed by atoms with Crippen LogP contribution in [0.25, 0.3) is 122 Å². The van der Waals surface area contributed by atoms with Gasteiger partial charge in [0.25, 0.3) is 0 Å². The van der Waals surface area contributed by atoms with Crippen LogP contribution in [0.2, 0.25) is 0 Å². The Labute approximate surface area is 326 Å². The summed E-state index contributed by atoms with van der Waals surface area (Å²) in [5, 5.41) is 5.39. The van der Waals surface area contributed by atoms with Crippen LogP contribution in [0.1, 0.15) is 0 Å². The Balaban J connectivity index is 0.902. The molecule has 0 atom stereocenters. The molecule has 8 aromatic carbocycles. The van der Waals surface area contributed by atoms with Gasteiger partial charge in [-0.05, 0) is 141 Å². The van der Waals surface area contributed by atoms with Gasteiger partial charge in [0.15, 0.2) is 5.58 Å². The zero-order valence-corrected chi connectivity index (χ0v) is 30.6. The number of fused-ring (bicyclic) bond motifs is 9. The lowest BCUT2D eigenvalue weighted by molar-refractivity contribution is 0.668. The minimum atomic E-state index is 0.795. The fourth-order valence-corrected chi connectivity index (χ4v) is 8.44. The third-order valence-electron chi connectivity index (χ3n) is 11.3. The predicted octanol–water partition coefficient (Wildman–Crippen LogP) is 15.1. The first kappa shape index (κ1) is 31.6. The Morgan fingerprint density at radius 2 is 0.596 bits per heavy atom. The van der Waals surface area contributed by atoms with Crippen LogP contribution < -0.4 is 0 Å². The fraction of sp³-hybridized carbons (Fsp3) is 0. The number of benzene rings is 8. The van der Waals surface area contributed by atoms with Crippen LogP contribution in [-0.2, 0) is 0 Å². The maximum absolute atomic E-state index is 6.34. The van der Waals surface area contributed by atoms with E-state index in [4.69, 9.17) is 13.3 Å². The van der Waals surface area contributed by atoms with Crippen LogP contribution in [0.5, 0.6) is 0 Å². The summed E-state index contributed by atoms with van der Waals surface area (Å²) in [6, 6.07) is 64.1. The van der Waals surface area contributed by atoms with Crippen molar-refractivity contribution >= 4 is 65.9 Å². The summed E-state index contributed by atoms with van der Waals surface area (Å²) in [4.78, 5) is 4.58. The van der Waals surface area contributed by atoms with Crippen LogP contribution in [0.4, 0.5) is 0 Å². The van der Waals surface area contributed by atoms with Crippen LogP contribution in [0, 0.1) is 0 Å². The molecule has 0 spiro atoms. The molecular formula is C53H31NO3. The minimum Gasteiger partial charge on any atom is -0.456 e. The smallest absolute Gasteiger partial charge is 0.153 e. The molecule has 4 aromatic heterocycles. The molecule has 0 saturated heterocycles. The molecule has 57 heavy (non-hydrogen) atoms. The summed E-state index contributed by atoms with van der Waals surface area (Å²) in [5.41, 5.74) is 17.5. The van der Waals surface area contributed by atoms with E-state index in [1.807, 2.05) is 24.4 Å². The molecule has 0 aliphatic carbocycles. The van der Waals surface area contributed by atoms with Crippen molar-refractivity contribution < 1.29 is 13.3 Å². The molecule has 0 amide bonds. The van der Waals surface area contributed by atoms with E-state index in [0.29, 0.717) is 0 Å². The molecule has 0 saturated carbocycles. The molecule has 0 unspecified atom stereocenters. The van der Waals surface area contributed by atoms with Gasteiger partial charge in [-0.15, -0.1) is 0 Å². The largest absolute Gasteiger partial charge is 0.456 e. The monoisotopic (exact) mass is 729 g/mol. The average molecular weight is 730 g/mol. The van der Waals surface area contributed by atoms with E-state index in [9.17, 15) is 0 Å². The summed E-state index contributed by atoms with van der Waals surface area (Å²) >= 11 is 0. The van der Waals surface area contributed by atoms with Gasteiger partial charge in [0.05, 0.1) is 0 Å². The Hall–Kier alpha value is -7.69. The molecule has 12 rings (SSSR count). The van der Waals surface area contributed by atoms with Crippen molar-refractivity contribution in [2.24, 2.45) is 0 Å². The van der Waals surface area contributed by atoms with Gasteiger partial charge >= 0.3 is 0 Å². The van der Waals surface area contributed by atoms with E-state index in [1.54, 1.807) is 0 Å². The number of nitrogens with zero attached hydrogens (tertiary/aromatic N) is 1. The highest BCUT2D eigenvalue weighted by atomic mass is 16.3. The minimum absolute atomic E-state index is 0.795. The van der Waals surface area contributed by atoms with Crippen molar-refractivity contribution in [1.29, 1.82) is 0 Å². The second-order valence-electron chi connectivity index (χ2n) is 14.7. The van der Waals surface area contributed by atoms with Crippen molar-refractivity contribution in [3.63, 3.8) is 0 Å². The van der Waals surface area contributed by atoms with E-state index in [-0.39, 0.29) is 0 Å². The first-order valence-electron chi connectivity index (χ1n) is 19.2. The zero-order valence-electron chi connectivity index (χ0n) is 30.6. The third kappa shape index (κ3) is 5.26. The van der Waals surface area contributed by atoms with E-state index >= 15 is 0 Å². The Morgan fingerprint density at radius 3 is 1.05 bits per heavy atom. The Morgan fingerprint density at radius 1 is 0.246 bits per heavy atom. The molecule has 12 aromatic rings. The van der Waals surface area contributed by atoms with Gasteiger partial charge in [-0.1, -0.05) is 97.1 Å². The highest BCUT2D eigenvalue weighted by Crippen LogP contribution is 2.39. The van der Waals surface area contributed by atoms with Gasteiger partial charge < -0.3 is 13.3 Å². The van der Waals surface area contributed by atoms with Gasteiger partial charge in [0, 0.05) is 33.1 Å². The molecule has 4 heterocycles. The molecule has 0 bridgehead atoms. The van der Waals surface area contributed by atoms with Gasteiger partial charge in [0.2, 0.25) is 0 Å². The molecule has 0 aliphatic rings. The van der Waals surface area contributed by atoms with Crippen molar-refractivity contribution in [2.45, 2.75) is 0 Å². The standard InChI is InChI=1S/C53H31NO3/c1-2-7-32(8-3-1)33-9-4-10-34(25-33)37-14-19-47-42(27-37)43-28-38(15-20-48(43)55-47)35-11-5-12-36(26-35)39-16-21-49-44(29-39)45-30-40(17-22-50(45)56-49)41-18-23-51-46(31-41)53-52(57-51)13-6-24-54-53/h1-31H. The quantitative estimate of drug-likeness (QED) is 0.177. The normalized spacial score (nSPS) is 11.9. The molecule has 0 aliphatic heterocycles. The first-order chi connectivity index (χ1) is 28.2. The number of furan rings is 3. The van der Waals surface area contributed by atoms with E-state index < -0.39 is 0 Å². The number of aromatic nitrogens is 1. The fourth-order valence-electron chi connectivity index (χ4n) is 8.44. The molecular weight excluding hydrogens is 699 g/mol. The van der Waals surface area contributed by atoms with Crippen molar-refractivity contribution in [2.75, 3.05) is 0 Å². The summed E-state index contributed by atoms with van der Waals surface area (Å²) in [6.45, 7) is 0. The number of rotatable bonds is 5. The maximum atomic E-state index is 6.34. The third-order valence-corrected chi connectivity index (χ3v) is 11.3. The SMILES string of the molecule is c1ccc(-c2cccc(-c3ccc4oc5ccc(-c6cccc(-c7ccc8oc9ccc(-c%10ccc%11oc%12cccnc%12c%11c%10)cc9c8c7)c6)cc5c4c3)c2)cc1. The van der Waals surface area contributed by atoms with E-state index in [0.717, 1.165) is 105 Å². The van der Waals surface area contributed by atoms with Crippen LogP contribution >= 0.6 is 0 Å². The molecule has 266 valence electrons. The first-order valence-corrected chi connectivity index (χ1v) is 19.2. The molecule has 0 radical (unpaired) electrons. The molecule has 4 nitrogen and oxygen atoms in total. The lowest BCUT2D eigenvalue weighted by Gasteiger charge is -2.07. The summed E-state index contributed by atoms with van der Waals surface area (Å²) in [5.74, 6) is 0. The predicted molar refractivity (Wildman–Crippen MR) is 233 cm³/mol. The van der Waals surface area contributed by atoms with Crippen molar-refractivity contribution in [1.82, 2.24) is 4.98 Å². The molecule has 4 heteroatoms. The second kappa shape index (κ2) is 12.4. The topological polar surface area (TPSA) is 52.3 Å².